The van der Waals surface area contributed by atoms with Crippen molar-refractivity contribution in [2.24, 2.45) is 0 Å². The van der Waals surface area contributed by atoms with Crippen LogP contribution in [0.25, 0.3) is 0 Å². The predicted molar refractivity (Wildman–Crippen MR) is 54.7 cm³/mol. The average Bonchev–Trinajstić information content (AvgIpc) is 1.99. The maximum atomic E-state index is 11.8. The highest BCUT2D eigenvalue weighted by Crippen LogP contribution is 2.20. The predicted octanol–water partition coefficient (Wildman–Crippen LogP) is 2.53. The van der Waals surface area contributed by atoms with Crippen molar-refractivity contribution in [3.63, 3.8) is 0 Å². The highest BCUT2D eigenvalue weighted by atomic mass is 19.4. The van der Waals surface area contributed by atoms with Crippen molar-refractivity contribution in [1.82, 2.24) is 0 Å². The number of hydrogen-bond acceptors (Lipinski definition) is 2. The number of unbranched alkanes of at least 4 members (excludes halogenated alkanes) is 2. The van der Waals surface area contributed by atoms with E-state index in [0.29, 0.717) is 19.3 Å². The van der Waals surface area contributed by atoms with E-state index in [1.54, 1.807) is 0 Å². The van der Waals surface area contributed by atoms with E-state index in [1.165, 1.54) is 13.8 Å². The Morgan fingerprint density at radius 3 is 2.07 bits per heavy atom. The molecule has 0 saturated heterocycles. The molecule has 0 aromatic heterocycles. The molecule has 1 unspecified atom stereocenters. The number of halogens is 3. The summed E-state index contributed by atoms with van der Waals surface area (Å²) >= 11 is 0. The van der Waals surface area contributed by atoms with E-state index in [1.807, 2.05) is 0 Å². The van der Waals surface area contributed by atoms with Gasteiger partial charge in [0.2, 0.25) is 0 Å². The van der Waals surface area contributed by atoms with Crippen molar-refractivity contribution >= 4 is 6.98 Å². The Hall–Kier alpha value is -0.225. The van der Waals surface area contributed by atoms with Crippen LogP contribution in [0.4, 0.5) is 12.9 Å². The molecule has 0 aliphatic carbocycles. The van der Waals surface area contributed by atoms with Gasteiger partial charge in [0.1, 0.15) is 0 Å². The first-order chi connectivity index (χ1) is 6.63. The molecule has 0 bridgehead atoms. The molecule has 0 amide bonds. The summed E-state index contributed by atoms with van der Waals surface area (Å²) in [6.07, 6.45) is -0.172. The lowest BCUT2D eigenvalue weighted by atomic mass is 9.83. The van der Waals surface area contributed by atoms with Crippen LogP contribution in [0.1, 0.15) is 39.5 Å². The van der Waals surface area contributed by atoms with E-state index in [-0.39, 0.29) is 6.42 Å². The topological polar surface area (TPSA) is 40.5 Å². The van der Waals surface area contributed by atoms with Crippen LogP contribution >= 0.6 is 0 Å². The van der Waals surface area contributed by atoms with E-state index < -0.39 is 25.0 Å². The van der Waals surface area contributed by atoms with Crippen molar-refractivity contribution in [2.75, 3.05) is 0 Å². The fraction of sp³-hybridized carbons (Fsp3) is 1.00. The summed E-state index contributed by atoms with van der Waals surface area (Å²) in [6, 6.07) is 0. The van der Waals surface area contributed by atoms with Crippen LogP contribution < -0.4 is 0 Å². The molecular weight excluding hydrogens is 208 g/mol. The zero-order valence-electron chi connectivity index (χ0n) is 9.22. The fourth-order valence-electron chi connectivity index (χ4n) is 1.24. The molecule has 0 aromatic carbocycles. The molecule has 1 atom stereocenters. The van der Waals surface area contributed by atoms with Crippen LogP contribution in [0.5, 0.6) is 0 Å². The lowest BCUT2D eigenvalue weighted by Crippen LogP contribution is -2.35. The molecule has 0 aliphatic rings. The second-order valence-electron chi connectivity index (χ2n) is 4.52. The van der Waals surface area contributed by atoms with Gasteiger partial charge in [0, 0.05) is 0 Å². The SMILES string of the molecule is CC(C)(O)C(O)CCCCC[B-](F)(F)F. The Morgan fingerprint density at radius 1 is 1.13 bits per heavy atom. The fourth-order valence-corrected chi connectivity index (χ4v) is 1.24. The lowest BCUT2D eigenvalue weighted by molar-refractivity contribution is -0.0521. The largest absolute Gasteiger partial charge is 0.478 e. The molecule has 0 rings (SSSR count). The lowest BCUT2D eigenvalue weighted by Gasteiger charge is -2.24. The standard InChI is InChI=1S/C9H19BF3O2/c1-9(2,15)8(14)6-4-3-5-7-10(11,12)13/h8,14-15H,3-7H2,1-2H3/q-1. The normalized spacial score (nSPS) is 15.4. The Bertz CT molecular complexity index is 177. The first-order valence-electron chi connectivity index (χ1n) is 5.24. The van der Waals surface area contributed by atoms with Gasteiger partial charge in [-0.25, -0.2) is 0 Å². The number of aliphatic hydroxyl groups is 2. The summed E-state index contributed by atoms with van der Waals surface area (Å²) in [7, 11) is 0. The highest BCUT2D eigenvalue weighted by molar-refractivity contribution is 6.58. The number of hydrogen-bond donors (Lipinski definition) is 2. The molecule has 0 heterocycles. The molecule has 2 nitrogen and oxygen atoms in total. The maximum Gasteiger partial charge on any atom is 0.478 e. The molecule has 0 saturated carbocycles. The quantitative estimate of drug-likeness (QED) is 0.518. The summed E-state index contributed by atoms with van der Waals surface area (Å²) in [4.78, 5) is 0. The van der Waals surface area contributed by atoms with Crippen LogP contribution in [0.3, 0.4) is 0 Å². The molecule has 92 valence electrons. The molecule has 0 radical (unpaired) electrons. The number of rotatable bonds is 7. The van der Waals surface area contributed by atoms with Crippen molar-refractivity contribution in [1.29, 1.82) is 0 Å². The third-order valence-electron chi connectivity index (χ3n) is 2.32. The van der Waals surface area contributed by atoms with Gasteiger partial charge in [0.05, 0.1) is 11.7 Å². The van der Waals surface area contributed by atoms with Gasteiger partial charge in [-0.1, -0.05) is 25.6 Å². The van der Waals surface area contributed by atoms with E-state index in [2.05, 4.69) is 0 Å². The third-order valence-corrected chi connectivity index (χ3v) is 2.32. The van der Waals surface area contributed by atoms with Crippen LogP contribution in [-0.4, -0.2) is 28.9 Å². The van der Waals surface area contributed by atoms with Crippen LogP contribution in [-0.2, 0) is 0 Å². The minimum Gasteiger partial charge on any atom is -0.449 e. The Labute approximate surface area is 88.5 Å². The first kappa shape index (κ1) is 14.8. The Balaban J connectivity index is 3.48. The second kappa shape index (κ2) is 5.75. The summed E-state index contributed by atoms with van der Waals surface area (Å²) in [5, 5.41) is 18.7. The summed E-state index contributed by atoms with van der Waals surface area (Å²) in [5.74, 6) is 0. The van der Waals surface area contributed by atoms with Gasteiger partial charge in [-0.05, 0) is 20.3 Å². The second-order valence-corrected chi connectivity index (χ2v) is 4.52. The number of aliphatic hydroxyl groups excluding tert-OH is 1. The van der Waals surface area contributed by atoms with Crippen LogP contribution in [0.2, 0.25) is 6.32 Å². The van der Waals surface area contributed by atoms with E-state index in [4.69, 9.17) is 0 Å². The van der Waals surface area contributed by atoms with Gasteiger partial charge in [0.15, 0.2) is 0 Å². The monoisotopic (exact) mass is 227 g/mol. The van der Waals surface area contributed by atoms with Gasteiger partial charge in [0.25, 0.3) is 0 Å². The minimum absolute atomic E-state index is 0.113. The maximum absolute atomic E-state index is 11.8. The smallest absolute Gasteiger partial charge is 0.449 e. The summed E-state index contributed by atoms with van der Waals surface area (Å²) in [6.45, 7) is -1.71. The first-order valence-corrected chi connectivity index (χ1v) is 5.24. The molecule has 15 heavy (non-hydrogen) atoms. The van der Waals surface area contributed by atoms with Gasteiger partial charge in [-0.2, -0.15) is 0 Å². The van der Waals surface area contributed by atoms with E-state index in [0.717, 1.165) is 0 Å². The zero-order valence-corrected chi connectivity index (χ0v) is 9.22. The third kappa shape index (κ3) is 8.75. The van der Waals surface area contributed by atoms with Gasteiger partial charge in [-0.3, -0.25) is 0 Å². The molecule has 0 aliphatic heterocycles. The molecule has 0 spiro atoms. The zero-order chi connectivity index (χ0) is 12.1. The molecule has 2 N–H and O–H groups in total. The minimum atomic E-state index is -4.67. The molecule has 0 aromatic rings. The molecule has 6 heteroatoms. The molecular formula is C9H19BF3O2-. The van der Waals surface area contributed by atoms with Crippen molar-refractivity contribution < 1.29 is 23.2 Å². The van der Waals surface area contributed by atoms with Gasteiger partial charge in [-0.15, -0.1) is 0 Å². The van der Waals surface area contributed by atoms with E-state index in [9.17, 15) is 23.2 Å². The highest BCUT2D eigenvalue weighted by Gasteiger charge is 2.24. The Kier molecular flexibility index (Phi) is 5.66. The van der Waals surface area contributed by atoms with Gasteiger partial charge >= 0.3 is 6.98 Å². The Morgan fingerprint density at radius 2 is 1.67 bits per heavy atom. The molecule has 0 fully saturated rings. The summed E-state index contributed by atoms with van der Waals surface area (Å²) in [5.41, 5.74) is -1.17. The summed E-state index contributed by atoms with van der Waals surface area (Å²) < 4.78 is 35.4. The van der Waals surface area contributed by atoms with Crippen LogP contribution in [0, 0.1) is 0 Å². The van der Waals surface area contributed by atoms with Crippen molar-refractivity contribution in [3.05, 3.63) is 0 Å². The van der Waals surface area contributed by atoms with E-state index >= 15 is 0 Å². The average molecular weight is 227 g/mol. The van der Waals surface area contributed by atoms with Gasteiger partial charge < -0.3 is 23.2 Å². The van der Waals surface area contributed by atoms with Crippen LogP contribution in [0.15, 0.2) is 0 Å². The van der Waals surface area contributed by atoms with Crippen molar-refractivity contribution in [2.45, 2.75) is 57.6 Å². The van der Waals surface area contributed by atoms with Crippen molar-refractivity contribution in [3.8, 4) is 0 Å².